The van der Waals surface area contributed by atoms with Gasteiger partial charge in [-0.3, -0.25) is 9.59 Å². The standard InChI is InChI=1S/C23H29N3O2/c1-4-22(27)26-14-13-19-15-17(7-12-21(19)26)16-24-23(28)18-8-10-20(11-9-18)25(5-2)6-3/h7-12,15H,4-6,13-14,16H2,1-3H3,(H,24,28). The zero-order valence-corrected chi connectivity index (χ0v) is 17.0. The van der Waals surface area contributed by atoms with Crippen LogP contribution in [0.5, 0.6) is 0 Å². The Morgan fingerprint density at radius 2 is 1.75 bits per heavy atom. The first-order valence-corrected chi connectivity index (χ1v) is 10.1. The molecule has 0 aromatic heterocycles. The van der Waals surface area contributed by atoms with Gasteiger partial charge in [0, 0.05) is 49.5 Å². The van der Waals surface area contributed by atoms with Crippen LogP contribution in [0, 0.1) is 0 Å². The maximum Gasteiger partial charge on any atom is 0.251 e. The molecule has 2 amide bonds. The number of carbonyl (C=O) groups is 2. The van der Waals surface area contributed by atoms with Crippen molar-refractivity contribution in [3.05, 3.63) is 59.2 Å². The topological polar surface area (TPSA) is 52.7 Å². The SMILES string of the molecule is CCC(=O)N1CCc2cc(CNC(=O)c3ccc(N(CC)CC)cc3)ccc21. The fourth-order valence-corrected chi connectivity index (χ4v) is 3.71. The highest BCUT2D eigenvalue weighted by atomic mass is 16.2. The molecule has 0 aliphatic carbocycles. The number of nitrogens with one attached hydrogen (secondary N) is 1. The van der Waals surface area contributed by atoms with Gasteiger partial charge in [0.05, 0.1) is 0 Å². The van der Waals surface area contributed by atoms with Crippen molar-refractivity contribution in [3.63, 3.8) is 0 Å². The number of hydrogen-bond acceptors (Lipinski definition) is 3. The molecule has 0 unspecified atom stereocenters. The summed E-state index contributed by atoms with van der Waals surface area (Å²) in [6.45, 7) is 9.25. The highest BCUT2D eigenvalue weighted by Gasteiger charge is 2.23. The molecular weight excluding hydrogens is 350 g/mol. The van der Waals surface area contributed by atoms with E-state index in [1.807, 2.05) is 48.2 Å². The van der Waals surface area contributed by atoms with Crippen molar-refractivity contribution < 1.29 is 9.59 Å². The first kappa shape index (κ1) is 19.9. The monoisotopic (exact) mass is 379 g/mol. The number of fused-ring (bicyclic) bond motifs is 1. The molecule has 0 spiro atoms. The lowest BCUT2D eigenvalue weighted by molar-refractivity contribution is -0.118. The Bertz CT molecular complexity index is 841. The minimum absolute atomic E-state index is 0.0746. The van der Waals surface area contributed by atoms with Crippen LogP contribution in [0.15, 0.2) is 42.5 Å². The maximum atomic E-state index is 12.5. The largest absolute Gasteiger partial charge is 0.372 e. The van der Waals surface area contributed by atoms with Gasteiger partial charge in [-0.05, 0) is 61.7 Å². The van der Waals surface area contributed by atoms with E-state index in [1.165, 1.54) is 5.56 Å². The van der Waals surface area contributed by atoms with Gasteiger partial charge in [0.25, 0.3) is 5.91 Å². The molecule has 1 aliphatic rings. The van der Waals surface area contributed by atoms with Gasteiger partial charge in [0.1, 0.15) is 0 Å². The van der Waals surface area contributed by atoms with Crippen LogP contribution in [0.2, 0.25) is 0 Å². The van der Waals surface area contributed by atoms with Crippen molar-refractivity contribution in [3.8, 4) is 0 Å². The van der Waals surface area contributed by atoms with Gasteiger partial charge in [-0.1, -0.05) is 19.1 Å². The van der Waals surface area contributed by atoms with E-state index in [9.17, 15) is 9.59 Å². The number of carbonyl (C=O) groups excluding carboxylic acids is 2. The molecule has 0 saturated carbocycles. The number of anilines is 2. The zero-order valence-electron chi connectivity index (χ0n) is 17.0. The Balaban J connectivity index is 1.62. The van der Waals surface area contributed by atoms with Crippen molar-refractivity contribution >= 4 is 23.2 Å². The van der Waals surface area contributed by atoms with E-state index in [2.05, 4.69) is 30.1 Å². The van der Waals surface area contributed by atoms with Gasteiger partial charge in [0.2, 0.25) is 5.91 Å². The summed E-state index contributed by atoms with van der Waals surface area (Å²) in [5, 5.41) is 3.00. The van der Waals surface area contributed by atoms with Crippen LogP contribution >= 0.6 is 0 Å². The van der Waals surface area contributed by atoms with Gasteiger partial charge >= 0.3 is 0 Å². The van der Waals surface area contributed by atoms with Crippen LogP contribution in [0.3, 0.4) is 0 Å². The van der Waals surface area contributed by atoms with Crippen LogP contribution < -0.4 is 15.1 Å². The van der Waals surface area contributed by atoms with E-state index in [0.29, 0.717) is 18.5 Å². The number of hydrogen-bond donors (Lipinski definition) is 1. The minimum Gasteiger partial charge on any atom is -0.372 e. The quantitative estimate of drug-likeness (QED) is 0.797. The molecule has 1 heterocycles. The van der Waals surface area contributed by atoms with Crippen molar-refractivity contribution in [1.29, 1.82) is 0 Å². The first-order chi connectivity index (χ1) is 13.6. The van der Waals surface area contributed by atoms with Gasteiger partial charge in [-0.2, -0.15) is 0 Å². The highest BCUT2D eigenvalue weighted by molar-refractivity contribution is 5.95. The Hall–Kier alpha value is -2.82. The molecule has 0 radical (unpaired) electrons. The molecule has 0 saturated heterocycles. The first-order valence-electron chi connectivity index (χ1n) is 10.1. The molecule has 28 heavy (non-hydrogen) atoms. The fourth-order valence-electron chi connectivity index (χ4n) is 3.71. The van der Waals surface area contributed by atoms with Crippen LogP contribution in [0.4, 0.5) is 11.4 Å². The van der Waals surface area contributed by atoms with E-state index in [4.69, 9.17) is 0 Å². The van der Waals surface area contributed by atoms with Crippen molar-refractivity contribution in [1.82, 2.24) is 5.32 Å². The summed E-state index contributed by atoms with van der Waals surface area (Å²) in [6.07, 6.45) is 1.39. The van der Waals surface area contributed by atoms with E-state index in [0.717, 1.165) is 43.0 Å². The van der Waals surface area contributed by atoms with Gasteiger partial charge in [-0.25, -0.2) is 0 Å². The second-order valence-electron chi connectivity index (χ2n) is 7.01. The molecule has 3 rings (SSSR count). The maximum absolute atomic E-state index is 12.5. The van der Waals surface area contributed by atoms with Crippen LogP contribution in [-0.4, -0.2) is 31.4 Å². The summed E-state index contributed by atoms with van der Waals surface area (Å²) >= 11 is 0. The predicted molar refractivity (Wildman–Crippen MR) is 114 cm³/mol. The van der Waals surface area contributed by atoms with Crippen molar-refractivity contribution in [2.45, 2.75) is 40.2 Å². The van der Waals surface area contributed by atoms with Gasteiger partial charge in [0.15, 0.2) is 0 Å². The zero-order chi connectivity index (χ0) is 20.1. The number of amides is 2. The third-order valence-electron chi connectivity index (χ3n) is 5.35. The number of benzene rings is 2. The molecule has 1 aliphatic heterocycles. The lowest BCUT2D eigenvalue weighted by Crippen LogP contribution is -2.27. The molecule has 0 bridgehead atoms. The summed E-state index contributed by atoms with van der Waals surface area (Å²) < 4.78 is 0. The van der Waals surface area contributed by atoms with Crippen molar-refractivity contribution in [2.24, 2.45) is 0 Å². The van der Waals surface area contributed by atoms with E-state index < -0.39 is 0 Å². The smallest absolute Gasteiger partial charge is 0.251 e. The van der Waals surface area contributed by atoms with Crippen LogP contribution in [0.25, 0.3) is 0 Å². The lowest BCUT2D eigenvalue weighted by atomic mass is 10.1. The molecule has 2 aromatic rings. The van der Waals surface area contributed by atoms with Crippen LogP contribution in [0.1, 0.15) is 48.7 Å². The molecule has 1 N–H and O–H groups in total. The molecular formula is C23H29N3O2. The average molecular weight is 380 g/mol. The normalized spacial score (nSPS) is 12.6. The molecule has 0 atom stereocenters. The highest BCUT2D eigenvalue weighted by Crippen LogP contribution is 2.29. The molecule has 148 valence electrons. The van der Waals surface area contributed by atoms with Gasteiger partial charge < -0.3 is 15.1 Å². The summed E-state index contributed by atoms with van der Waals surface area (Å²) in [6, 6.07) is 13.8. The van der Waals surface area contributed by atoms with E-state index >= 15 is 0 Å². The Morgan fingerprint density at radius 3 is 2.39 bits per heavy atom. The fraction of sp³-hybridized carbons (Fsp3) is 0.391. The Labute approximate surface area is 167 Å². The third-order valence-corrected chi connectivity index (χ3v) is 5.35. The second-order valence-corrected chi connectivity index (χ2v) is 7.01. The Kier molecular flexibility index (Phi) is 6.34. The average Bonchev–Trinajstić information content (AvgIpc) is 3.16. The predicted octanol–water partition coefficient (Wildman–Crippen LogP) is 3.76. The molecule has 2 aromatic carbocycles. The van der Waals surface area contributed by atoms with E-state index in [-0.39, 0.29) is 11.8 Å². The van der Waals surface area contributed by atoms with Gasteiger partial charge in [-0.15, -0.1) is 0 Å². The Morgan fingerprint density at radius 1 is 1.04 bits per heavy atom. The summed E-state index contributed by atoms with van der Waals surface area (Å²) in [5.74, 6) is 0.0855. The van der Waals surface area contributed by atoms with Crippen molar-refractivity contribution in [2.75, 3.05) is 29.4 Å². The second kappa shape index (κ2) is 8.91. The van der Waals surface area contributed by atoms with E-state index in [1.54, 1.807) is 0 Å². The summed E-state index contributed by atoms with van der Waals surface area (Å²) in [7, 11) is 0. The molecule has 5 heteroatoms. The minimum atomic E-state index is -0.0746. The number of nitrogens with zero attached hydrogens (tertiary/aromatic N) is 2. The molecule has 5 nitrogen and oxygen atoms in total. The lowest BCUT2D eigenvalue weighted by Gasteiger charge is -2.21. The number of rotatable bonds is 7. The third kappa shape index (κ3) is 4.19. The summed E-state index contributed by atoms with van der Waals surface area (Å²) in [4.78, 5) is 28.6. The van der Waals surface area contributed by atoms with Crippen LogP contribution in [-0.2, 0) is 17.8 Å². The molecule has 0 fully saturated rings. The summed E-state index contributed by atoms with van der Waals surface area (Å²) in [5.41, 5.74) is 5.03.